The Morgan fingerprint density at radius 1 is 1.22 bits per heavy atom. The molecule has 0 aromatic carbocycles. The van der Waals surface area contributed by atoms with E-state index in [1.54, 1.807) is 18.4 Å². The van der Waals surface area contributed by atoms with E-state index in [1.807, 2.05) is 12.1 Å². The maximum absolute atomic E-state index is 13.7. The molecule has 4 aliphatic carbocycles. The van der Waals surface area contributed by atoms with Crippen LogP contribution in [-0.2, 0) is 16.1 Å². The number of furan rings is 1. The van der Waals surface area contributed by atoms with Crippen LogP contribution in [-0.4, -0.2) is 52.5 Å². The van der Waals surface area contributed by atoms with Gasteiger partial charge < -0.3 is 14.6 Å². The second-order valence-electron chi connectivity index (χ2n) is 13.0. The summed E-state index contributed by atoms with van der Waals surface area (Å²) < 4.78 is 5.60. The zero-order valence-corrected chi connectivity index (χ0v) is 21.9. The fraction of sp³-hybridized carbons (Fsp3) is 0.667. The minimum atomic E-state index is -0.681. The smallest absolute Gasteiger partial charge is 0.178 e. The largest absolute Gasteiger partial charge is 0.468 e. The monoisotopic (exact) mass is 493 g/mol. The molecule has 9 atom stereocenters. The second kappa shape index (κ2) is 7.75. The molecule has 2 N–H and O–H groups in total. The van der Waals surface area contributed by atoms with Crippen molar-refractivity contribution < 1.29 is 24.2 Å². The first-order valence-electron chi connectivity index (χ1n) is 13.5. The molecule has 0 amide bonds. The fourth-order valence-electron chi connectivity index (χ4n) is 10.1. The summed E-state index contributed by atoms with van der Waals surface area (Å²) in [7, 11) is 0. The van der Waals surface area contributed by atoms with Crippen molar-refractivity contribution in [2.75, 3.05) is 19.7 Å². The Labute approximate surface area is 213 Å². The molecule has 6 rings (SSSR count). The van der Waals surface area contributed by atoms with Gasteiger partial charge in [0.05, 0.1) is 24.3 Å². The Kier molecular flexibility index (Phi) is 5.24. The van der Waals surface area contributed by atoms with Gasteiger partial charge in [-0.15, -0.1) is 0 Å². The van der Waals surface area contributed by atoms with Crippen LogP contribution >= 0.6 is 0 Å². The van der Waals surface area contributed by atoms with E-state index in [-0.39, 0.29) is 35.2 Å². The molecule has 194 valence electrons. The Bertz CT molecular complexity index is 1150. The van der Waals surface area contributed by atoms with Crippen molar-refractivity contribution in [3.05, 3.63) is 48.0 Å². The molecule has 6 nitrogen and oxygen atoms in total. The summed E-state index contributed by atoms with van der Waals surface area (Å²) in [4.78, 5) is 28.3. The predicted molar refractivity (Wildman–Crippen MR) is 135 cm³/mol. The number of hydrogen-bond acceptors (Lipinski definition) is 6. The van der Waals surface area contributed by atoms with Crippen molar-refractivity contribution >= 4 is 11.6 Å². The van der Waals surface area contributed by atoms with Crippen molar-refractivity contribution in [2.45, 2.75) is 59.6 Å². The molecule has 1 aliphatic heterocycles. The first-order chi connectivity index (χ1) is 17.0. The lowest BCUT2D eigenvalue weighted by atomic mass is 9.37. The third-order valence-corrected chi connectivity index (χ3v) is 11.9. The van der Waals surface area contributed by atoms with Crippen LogP contribution in [0.4, 0.5) is 0 Å². The molecular weight excluding hydrogens is 454 g/mol. The number of nitrogens with zero attached hydrogens (tertiary/aromatic N) is 1. The van der Waals surface area contributed by atoms with E-state index in [9.17, 15) is 19.8 Å². The van der Waals surface area contributed by atoms with Crippen LogP contribution in [0.1, 0.15) is 52.7 Å². The van der Waals surface area contributed by atoms with Crippen molar-refractivity contribution in [2.24, 2.45) is 45.3 Å². The van der Waals surface area contributed by atoms with Gasteiger partial charge in [0.15, 0.2) is 11.6 Å². The number of hydrogen-bond donors (Lipinski definition) is 2. The predicted octanol–water partition coefficient (Wildman–Crippen LogP) is 3.78. The van der Waals surface area contributed by atoms with Crippen molar-refractivity contribution in [3.63, 3.8) is 0 Å². The average molecular weight is 494 g/mol. The Hall–Kier alpha value is -2.02. The van der Waals surface area contributed by atoms with Crippen LogP contribution in [0.25, 0.3) is 0 Å². The zero-order valence-electron chi connectivity index (χ0n) is 21.9. The molecule has 1 aromatic heterocycles. The minimum absolute atomic E-state index is 0.0334. The average Bonchev–Trinajstić information content (AvgIpc) is 3.53. The van der Waals surface area contributed by atoms with Crippen molar-refractivity contribution in [3.8, 4) is 0 Å². The second-order valence-corrected chi connectivity index (χ2v) is 13.0. The summed E-state index contributed by atoms with van der Waals surface area (Å²) in [6.45, 7) is 10.4. The van der Waals surface area contributed by atoms with Crippen LogP contribution in [0.15, 0.2) is 46.6 Å². The number of likely N-dealkylation sites (tertiary alicyclic amines) is 1. The van der Waals surface area contributed by atoms with Crippen molar-refractivity contribution in [1.82, 2.24) is 4.90 Å². The third kappa shape index (κ3) is 2.79. The van der Waals surface area contributed by atoms with E-state index in [0.29, 0.717) is 19.5 Å². The summed E-state index contributed by atoms with van der Waals surface area (Å²) in [5, 5.41) is 22.2. The van der Waals surface area contributed by atoms with E-state index < -0.39 is 34.4 Å². The van der Waals surface area contributed by atoms with E-state index in [4.69, 9.17) is 4.42 Å². The molecule has 1 saturated heterocycles. The highest BCUT2D eigenvalue weighted by Gasteiger charge is 2.76. The minimum Gasteiger partial charge on any atom is -0.468 e. The van der Waals surface area contributed by atoms with Gasteiger partial charge in [-0.25, -0.2) is 0 Å². The first kappa shape index (κ1) is 24.3. The molecule has 6 heteroatoms. The van der Waals surface area contributed by atoms with Gasteiger partial charge >= 0.3 is 0 Å². The Morgan fingerprint density at radius 3 is 2.69 bits per heavy atom. The number of aliphatic hydroxyl groups excluding tert-OH is 2. The van der Waals surface area contributed by atoms with E-state index >= 15 is 0 Å². The summed E-state index contributed by atoms with van der Waals surface area (Å²) in [5.74, 6) is 1.70. The van der Waals surface area contributed by atoms with Gasteiger partial charge in [0.2, 0.25) is 0 Å². The summed E-state index contributed by atoms with van der Waals surface area (Å²) in [6.07, 6.45) is 8.95. The van der Waals surface area contributed by atoms with Crippen LogP contribution in [0, 0.1) is 45.3 Å². The standard InChI is InChI=1S/C30H39NO5/c1-18-10-24-23-11-19-14-31(15-21-6-5-9-36-21)17-30(19,26(35)16-32)28(23,3)13-25(34)29(24,4)27(2)8-7-20(33)12-22(18)27/h5-9,12,18-19,23-25,32,34H,10-11,13-17H2,1-4H3. The maximum Gasteiger partial charge on any atom is 0.178 e. The first-order valence-corrected chi connectivity index (χ1v) is 13.5. The number of fused-ring (bicyclic) bond motifs is 7. The van der Waals surface area contributed by atoms with E-state index in [2.05, 4.69) is 38.7 Å². The normalized spacial score (nSPS) is 47.7. The van der Waals surface area contributed by atoms with Gasteiger partial charge in [0.1, 0.15) is 12.4 Å². The van der Waals surface area contributed by atoms with Gasteiger partial charge in [0, 0.05) is 23.9 Å². The third-order valence-electron chi connectivity index (χ3n) is 11.9. The van der Waals surface area contributed by atoms with E-state index in [1.165, 1.54) is 0 Å². The molecule has 0 spiro atoms. The van der Waals surface area contributed by atoms with Crippen LogP contribution in [0.5, 0.6) is 0 Å². The topological polar surface area (TPSA) is 91.0 Å². The molecule has 3 saturated carbocycles. The van der Waals surface area contributed by atoms with Crippen molar-refractivity contribution in [1.29, 1.82) is 0 Å². The van der Waals surface area contributed by atoms with Gasteiger partial charge in [-0.05, 0) is 72.6 Å². The highest BCUT2D eigenvalue weighted by atomic mass is 16.3. The number of aliphatic hydroxyl groups is 2. The van der Waals surface area contributed by atoms with Gasteiger partial charge in [-0.3, -0.25) is 14.5 Å². The Balaban J connectivity index is 1.42. The van der Waals surface area contributed by atoms with Crippen LogP contribution in [0.3, 0.4) is 0 Å². The number of carbonyl (C=O) groups is 2. The fourth-order valence-corrected chi connectivity index (χ4v) is 10.1. The molecule has 2 heterocycles. The number of Topliss-reactive ketones (excluding diaryl/α,β-unsaturated/α-hetero) is 1. The maximum atomic E-state index is 13.7. The molecule has 0 bridgehead atoms. The summed E-state index contributed by atoms with van der Waals surface area (Å²) >= 11 is 0. The molecule has 1 aromatic rings. The highest BCUT2D eigenvalue weighted by molar-refractivity contribution is 6.01. The van der Waals surface area contributed by atoms with Crippen LogP contribution in [0.2, 0.25) is 0 Å². The highest BCUT2D eigenvalue weighted by Crippen LogP contribution is 2.76. The lowest BCUT2D eigenvalue weighted by Gasteiger charge is -2.67. The molecule has 9 unspecified atom stereocenters. The summed E-state index contributed by atoms with van der Waals surface area (Å²) in [6, 6.07) is 3.85. The van der Waals surface area contributed by atoms with E-state index in [0.717, 1.165) is 30.7 Å². The quantitative estimate of drug-likeness (QED) is 0.663. The molecule has 4 fully saturated rings. The zero-order chi connectivity index (χ0) is 25.7. The SMILES string of the molecule is CC1CC2C3CC4CN(Cc5ccco5)CC4(C(=O)CO)C3(C)CC(O)C2(C)C2(C)C=CC(=O)C=C12. The van der Waals surface area contributed by atoms with Crippen LogP contribution < -0.4 is 0 Å². The number of rotatable bonds is 4. The molecule has 36 heavy (non-hydrogen) atoms. The number of carbonyl (C=O) groups excluding carboxylic acids is 2. The van der Waals surface area contributed by atoms with Gasteiger partial charge in [-0.2, -0.15) is 0 Å². The number of allylic oxidation sites excluding steroid dienone is 4. The molecular formula is C30H39NO5. The van der Waals surface area contributed by atoms with Gasteiger partial charge in [0.25, 0.3) is 0 Å². The lowest BCUT2D eigenvalue weighted by molar-refractivity contribution is -0.196. The summed E-state index contributed by atoms with van der Waals surface area (Å²) in [5.41, 5.74) is -0.783. The Morgan fingerprint density at radius 2 is 2.00 bits per heavy atom. The lowest BCUT2D eigenvalue weighted by Crippen LogP contribution is -2.66. The van der Waals surface area contributed by atoms with Gasteiger partial charge in [-0.1, -0.05) is 39.3 Å². The molecule has 0 radical (unpaired) electrons. The number of ketones is 2. The molecule has 5 aliphatic rings.